The summed E-state index contributed by atoms with van der Waals surface area (Å²) >= 11 is 1.15. The molecule has 2 saturated heterocycles. The maximum absolute atomic E-state index is 14.0. The number of piperidine rings is 2. The molecule has 3 heterocycles. The fourth-order valence-electron chi connectivity index (χ4n) is 4.72. The Morgan fingerprint density at radius 3 is 2.60 bits per heavy atom. The lowest BCUT2D eigenvalue weighted by Crippen LogP contribution is -2.51. The fourth-order valence-corrected chi connectivity index (χ4v) is 5.35. The minimum Gasteiger partial charge on any atom is -0.339 e. The summed E-state index contributed by atoms with van der Waals surface area (Å²) in [6.45, 7) is 3.92. The van der Waals surface area contributed by atoms with Gasteiger partial charge in [-0.25, -0.2) is 4.39 Å². The van der Waals surface area contributed by atoms with Crippen LogP contribution in [0, 0.1) is 18.7 Å². The number of rotatable bonds is 4. The second-order valence-corrected chi connectivity index (χ2v) is 8.99. The van der Waals surface area contributed by atoms with Gasteiger partial charge in [-0.15, -0.1) is 5.10 Å². The van der Waals surface area contributed by atoms with Crippen molar-refractivity contribution in [2.75, 3.05) is 19.6 Å². The molecule has 0 N–H and O–H groups in total. The standard InChI is InChI=1S/C22H27FN4O2S/c1-15-21(30-25-24-15)22(29)26-12-9-16(10-13-26)19-8-4-5-11-27(19)20(28)14-17-6-2-3-7-18(17)23/h2-3,6-7,16,19H,4-5,8-14H2,1H3/t19-/m1/s1. The molecule has 30 heavy (non-hydrogen) atoms. The normalized spacial score (nSPS) is 20.4. The van der Waals surface area contributed by atoms with Gasteiger partial charge in [0.1, 0.15) is 10.7 Å². The van der Waals surface area contributed by atoms with Crippen molar-refractivity contribution in [1.29, 1.82) is 0 Å². The van der Waals surface area contributed by atoms with Crippen LogP contribution in [0.4, 0.5) is 4.39 Å². The Labute approximate surface area is 180 Å². The van der Waals surface area contributed by atoms with E-state index < -0.39 is 0 Å². The van der Waals surface area contributed by atoms with Gasteiger partial charge in [-0.2, -0.15) is 0 Å². The first-order valence-corrected chi connectivity index (χ1v) is 11.4. The molecule has 0 bridgehead atoms. The summed E-state index contributed by atoms with van der Waals surface area (Å²) in [7, 11) is 0. The van der Waals surface area contributed by atoms with Gasteiger partial charge in [-0.05, 0) is 68.1 Å². The molecule has 0 radical (unpaired) electrons. The summed E-state index contributed by atoms with van der Waals surface area (Å²) in [5, 5.41) is 3.94. The first-order valence-electron chi connectivity index (χ1n) is 10.7. The summed E-state index contributed by atoms with van der Waals surface area (Å²) < 4.78 is 17.9. The van der Waals surface area contributed by atoms with Crippen molar-refractivity contribution in [1.82, 2.24) is 19.4 Å². The van der Waals surface area contributed by atoms with Crippen molar-refractivity contribution in [3.05, 3.63) is 46.2 Å². The lowest BCUT2D eigenvalue weighted by molar-refractivity contribution is -0.136. The Bertz CT molecular complexity index is 910. The quantitative estimate of drug-likeness (QED) is 0.745. The predicted octanol–water partition coefficient (Wildman–Crippen LogP) is 3.46. The third-order valence-electron chi connectivity index (χ3n) is 6.39. The van der Waals surface area contributed by atoms with E-state index in [4.69, 9.17) is 0 Å². The molecule has 0 unspecified atom stereocenters. The van der Waals surface area contributed by atoms with Gasteiger partial charge in [0.25, 0.3) is 5.91 Å². The molecule has 1 aromatic heterocycles. The molecule has 6 nitrogen and oxygen atoms in total. The second kappa shape index (κ2) is 9.20. The number of benzene rings is 1. The van der Waals surface area contributed by atoms with Gasteiger partial charge in [0.15, 0.2) is 0 Å². The number of likely N-dealkylation sites (tertiary alicyclic amines) is 2. The number of aryl methyl sites for hydroxylation is 1. The van der Waals surface area contributed by atoms with Gasteiger partial charge in [0.2, 0.25) is 5.91 Å². The van der Waals surface area contributed by atoms with Crippen LogP contribution in [-0.4, -0.2) is 56.9 Å². The zero-order chi connectivity index (χ0) is 21.1. The Kier molecular flexibility index (Phi) is 6.41. The molecule has 1 atom stereocenters. The molecular formula is C22H27FN4O2S. The van der Waals surface area contributed by atoms with Crippen molar-refractivity contribution < 1.29 is 14.0 Å². The van der Waals surface area contributed by atoms with Crippen LogP contribution < -0.4 is 0 Å². The van der Waals surface area contributed by atoms with E-state index in [2.05, 4.69) is 9.59 Å². The lowest BCUT2D eigenvalue weighted by atomic mass is 9.83. The highest BCUT2D eigenvalue weighted by atomic mass is 32.1. The summed E-state index contributed by atoms with van der Waals surface area (Å²) in [5.74, 6) is 0.0745. The number of aromatic nitrogens is 2. The Balaban J connectivity index is 1.39. The van der Waals surface area contributed by atoms with E-state index in [1.165, 1.54) is 6.07 Å². The van der Waals surface area contributed by atoms with Crippen LogP contribution in [0.1, 0.15) is 53.0 Å². The molecule has 0 aliphatic carbocycles. The molecular weight excluding hydrogens is 403 g/mol. The van der Waals surface area contributed by atoms with E-state index in [1.807, 2.05) is 16.7 Å². The van der Waals surface area contributed by atoms with Crippen molar-refractivity contribution >= 4 is 23.3 Å². The Hall–Kier alpha value is -2.35. The van der Waals surface area contributed by atoms with Crippen LogP contribution in [0.3, 0.4) is 0 Å². The van der Waals surface area contributed by atoms with Crippen LogP contribution >= 0.6 is 11.5 Å². The number of hydrogen-bond acceptors (Lipinski definition) is 5. The summed E-state index contributed by atoms with van der Waals surface area (Å²) in [6, 6.07) is 6.69. The maximum atomic E-state index is 14.0. The molecule has 8 heteroatoms. The molecule has 2 fully saturated rings. The number of amides is 2. The number of nitrogens with zero attached hydrogens (tertiary/aromatic N) is 4. The molecule has 2 aliphatic heterocycles. The van der Waals surface area contributed by atoms with E-state index in [0.29, 0.717) is 35.1 Å². The van der Waals surface area contributed by atoms with Gasteiger partial charge in [0, 0.05) is 25.7 Å². The zero-order valence-electron chi connectivity index (χ0n) is 17.2. The number of halogens is 1. The van der Waals surface area contributed by atoms with Crippen LogP contribution in [0.2, 0.25) is 0 Å². The predicted molar refractivity (Wildman–Crippen MR) is 113 cm³/mol. The SMILES string of the molecule is Cc1nnsc1C(=O)N1CCC([C@H]2CCCCN2C(=O)Cc2ccccc2F)CC1. The summed E-state index contributed by atoms with van der Waals surface area (Å²) in [6.07, 6.45) is 4.96. The smallest absolute Gasteiger partial charge is 0.267 e. The molecule has 2 amide bonds. The third kappa shape index (κ3) is 4.38. The Morgan fingerprint density at radius 1 is 1.13 bits per heavy atom. The number of hydrogen-bond donors (Lipinski definition) is 0. The van der Waals surface area contributed by atoms with Crippen molar-refractivity contribution in [3.8, 4) is 0 Å². The van der Waals surface area contributed by atoms with Crippen molar-refractivity contribution in [2.45, 2.75) is 51.5 Å². The fraction of sp³-hybridized carbons (Fsp3) is 0.545. The molecule has 0 saturated carbocycles. The van der Waals surface area contributed by atoms with Gasteiger partial charge in [-0.1, -0.05) is 22.7 Å². The molecule has 4 rings (SSSR count). The highest BCUT2D eigenvalue weighted by Crippen LogP contribution is 2.32. The highest BCUT2D eigenvalue weighted by molar-refractivity contribution is 7.07. The molecule has 160 valence electrons. The largest absolute Gasteiger partial charge is 0.339 e. The zero-order valence-corrected chi connectivity index (χ0v) is 18.0. The van der Waals surface area contributed by atoms with Crippen LogP contribution in [0.5, 0.6) is 0 Å². The van der Waals surface area contributed by atoms with Crippen LogP contribution in [0.15, 0.2) is 24.3 Å². The monoisotopic (exact) mass is 430 g/mol. The minimum atomic E-state index is -0.320. The molecule has 2 aliphatic rings. The van der Waals surface area contributed by atoms with E-state index in [0.717, 1.165) is 50.2 Å². The first-order chi connectivity index (χ1) is 14.5. The summed E-state index contributed by atoms with van der Waals surface area (Å²) in [4.78, 5) is 30.2. The van der Waals surface area contributed by atoms with Crippen LogP contribution in [-0.2, 0) is 11.2 Å². The van der Waals surface area contributed by atoms with Gasteiger partial charge in [-0.3, -0.25) is 9.59 Å². The van der Waals surface area contributed by atoms with E-state index in [-0.39, 0.29) is 30.1 Å². The highest BCUT2D eigenvalue weighted by Gasteiger charge is 2.36. The molecule has 1 aromatic carbocycles. The second-order valence-electron chi connectivity index (χ2n) is 8.24. The van der Waals surface area contributed by atoms with Crippen LogP contribution in [0.25, 0.3) is 0 Å². The average Bonchev–Trinajstić information content (AvgIpc) is 3.21. The van der Waals surface area contributed by atoms with Gasteiger partial charge in [0.05, 0.1) is 12.1 Å². The van der Waals surface area contributed by atoms with Crippen molar-refractivity contribution in [3.63, 3.8) is 0 Å². The van der Waals surface area contributed by atoms with Crippen molar-refractivity contribution in [2.24, 2.45) is 5.92 Å². The molecule has 2 aromatic rings. The maximum Gasteiger partial charge on any atom is 0.267 e. The van der Waals surface area contributed by atoms with Gasteiger partial charge < -0.3 is 9.80 Å². The number of carbonyl (C=O) groups excluding carboxylic acids is 2. The number of carbonyl (C=O) groups is 2. The van der Waals surface area contributed by atoms with E-state index >= 15 is 0 Å². The first kappa shape index (κ1) is 20.9. The van der Waals surface area contributed by atoms with E-state index in [1.54, 1.807) is 18.2 Å². The molecule has 0 spiro atoms. The van der Waals surface area contributed by atoms with Gasteiger partial charge >= 0.3 is 0 Å². The topological polar surface area (TPSA) is 66.4 Å². The summed E-state index contributed by atoms with van der Waals surface area (Å²) in [5.41, 5.74) is 1.14. The Morgan fingerprint density at radius 2 is 1.90 bits per heavy atom. The average molecular weight is 431 g/mol. The lowest BCUT2D eigenvalue weighted by Gasteiger charge is -2.43. The third-order valence-corrected chi connectivity index (χ3v) is 7.20. The van der Waals surface area contributed by atoms with E-state index in [9.17, 15) is 14.0 Å². The minimum absolute atomic E-state index is 0.00895.